The number of nitroso groups, excluding NO2 is 1. The Hall–Kier alpha value is -2.65. The summed E-state index contributed by atoms with van der Waals surface area (Å²) in [6.07, 6.45) is 2.91. The zero-order valence-electron chi connectivity index (χ0n) is 12.7. The summed E-state index contributed by atoms with van der Waals surface area (Å²) in [6.45, 7) is 0.976. The summed E-state index contributed by atoms with van der Waals surface area (Å²) in [5.41, 5.74) is 1.79. The molecule has 0 atom stereocenters. The molecule has 0 fully saturated rings. The molecule has 0 aliphatic carbocycles. The largest absolute Gasteiger partial charge is 0.493 e. The maximum Gasteiger partial charge on any atom is 0.267 e. The summed E-state index contributed by atoms with van der Waals surface area (Å²) in [4.78, 5) is 15.9. The first kappa shape index (κ1) is 14.9. The maximum atomic E-state index is 13.0. The Labute approximate surface area is 137 Å². The third-order valence-corrected chi connectivity index (χ3v) is 6.03. The predicted molar refractivity (Wildman–Crippen MR) is 87.6 cm³/mol. The van der Waals surface area contributed by atoms with Gasteiger partial charge in [0.1, 0.15) is 0 Å². The Bertz CT molecular complexity index is 1070. The van der Waals surface area contributed by atoms with Gasteiger partial charge in [0.05, 0.1) is 10.4 Å². The lowest BCUT2D eigenvalue weighted by atomic mass is 10.1. The summed E-state index contributed by atoms with van der Waals surface area (Å²) in [7, 11) is -1.93. The number of rotatable bonds is 3. The highest BCUT2D eigenvalue weighted by atomic mass is 32.2. The molecule has 0 amide bonds. The summed E-state index contributed by atoms with van der Waals surface area (Å²) in [5, 5.41) is 13.0. The van der Waals surface area contributed by atoms with E-state index < -0.39 is 10.0 Å². The van der Waals surface area contributed by atoms with Crippen LogP contribution in [0.25, 0.3) is 10.9 Å². The van der Waals surface area contributed by atoms with Gasteiger partial charge in [-0.3, -0.25) is 4.90 Å². The van der Waals surface area contributed by atoms with Crippen molar-refractivity contribution in [3.63, 3.8) is 0 Å². The van der Waals surface area contributed by atoms with Gasteiger partial charge in [0.25, 0.3) is 10.0 Å². The van der Waals surface area contributed by atoms with E-state index in [1.165, 1.54) is 18.5 Å². The molecule has 24 heavy (non-hydrogen) atoms. The lowest BCUT2D eigenvalue weighted by Gasteiger charge is -2.11. The highest BCUT2D eigenvalue weighted by molar-refractivity contribution is 7.90. The Morgan fingerprint density at radius 1 is 1.21 bits per heavy atom. The molecule has 0 bridgehead atoms. The van der Waals surface area contributed by atoms with E-state index in [2.05, 4.69) is 10.2 Å². The van der Waals surface area contributed by atoms with Gasteiger partial charge in [-0.25, -0.2) is 12.4 Å². The first-order valence-corrected chi connectivity index (χ1v) is 8.67. The van der Waals surface area contributed by atoms with Crippen molar-refractivity contribution in [1.29, 1.82) is 0 Å². The van der Waals surface area contributed by atoms with Crippen LogP contribution >= 0.6 is 0 Å². The number of hydrogen-bond acceptors (Lipinski definition) is 6. The van der Waals surface area contributed by atoms with Crippen molar-refractivity contribution in [2.24, 2.45) is 5.18 Å². The van der Waals surface area contributed by atoms with Crippen molar-refractivity contribution in [3.05, 3.63) is 46.6 Å². The number of aromatic amines is 1. The van der Waals surface area contributed by atoms with E-state index in [1.54, 1.807) is 12.1 Å². The molecule has 1 aliphatic rings. The van der Waals surface area contributed by atoms with Crippen LogP contribution < -0.4 is 0 Å². The van der Waals surface area contributed by atoms with Crippen LogP contribution in [0.3, 0.4) is 0 Å². The minimum atomic E-state index is -3.80. The third-order valence-electron chi connectivity index (χ3n) is 4.31. The van der Waals surface area contributed by atoms with Gasteiger partial charge in [-0.05, 0) is 41.6 Å². The van der Waals surface area contributed by atoms with Crippen LogP contribution in [0.2, 0.25) is 0 Å². The first-order valence-electron chi connectivity index (χ1n) is 7.23. The standard InChI is InChI=1S/C15H14N4O4S/c1-18-7-10-11(8-18)13-9(14(17-21)15(20)16-13)6-12(10)24(22,23)19-4-2-3-5-19/h2-6,16,20H,7-8H2,1H3. The van der Waals surface area contributed by atoms with Crippen LogP contribution in [0, 0.1) is 4.91 Å². The van der Waals surface area contributed by atoms with E-state index in [0.717, 1.165) is 9.54 Å². The molecule has 1 aromatic carbocycles. The van der Waals surface area contributed by atoms with Crippen molar-refractivity contribution in [3.8, 4) is 5.88 Å². The van der Waals surface area contributed by atoms with Crippen LogP contribution in [0.1, 0.15) is 11.1 Å². The maximum absolute atomic E-state index is 13.0. The lowest BCUT2D eigenvalue weighted by Crippen LogP contribution is -2.14. The second kappa shape index (κ2) is 4.92. The number of benzene rings is 1. The van der Waals surface area contributed by atoms with Crippen molar-refractivity contribution in [2.45, 2.75) is 18.0 Å². The molecule has 8 nitrogen and oxygen atoms in total. The van der Waals surface area contributed by atoms with Crippen LogP contribution in [0.5, 0.6) is 5.88 Å². The number of nitrogens with one attached hydrogen (secondary N) is 1. The summed E-state index contributed by atoms with van der Waals surface area (Å²) in [6, 6.07) is 4.67. The zero-order valence-corrected chi connectivity index (χ0v) is 13.5. The smallest absolute Gasteiger partial charge is 0.267 e. The Morgan fingerprint density at radius 3 is 2.54 bits per heavy atom. The molecule has 0 spiro atoms. The van der Waals surface area contributed by atoms with Crippen LogP contribution in [-0.2, 0) is 23.1 Å². The quantitative estimate of drug-likeness (QED) is 0.707. The highest BCUT2D eigenvalue weighted by Crippen LogP contribution is 2.42. The van der Waals surface area contributed by atoms with Gasteiger partial charge in [-0.1, -0.05) is 0 Å². The fourth-order valence-electron chi connectivity index (χ4n) is 3.25. The predicted octanol–water partition coefficient (Wildman–Crippen LogP) is 2.26. The monoisotopic (exact) mass is 346 g/mol. The molecule has 3 aromatic rings. The fraction of sp³-hybridized carbons (Fsp3) is 0.200. The van der Waals surface area contributed by atoms with E-state index in [9.17, 15) is 18.4 Å². The minimum absolute atomic E-state index is 0.120. The van der Waals surface area contributed by atoms with Crippen molar-refractivity contribution < 1.29 is 13.5 Å². The van der Waals surface area contributed by atoms with E-state index in [-0.39, 0.29) is 16.5 Å². The van der Waals surface area contributed by atoms with E-state index in [1.807, 2.05) is 11.9 Å². The van der Waals surface area contributed by atoms with Crippen LogP contribution in [0.4, 0.5) is 5.69 Å². The fourth-order valence-corrected chi connectivity index (χ4v) is 4.70. The van der Waals surface area contributed by atoms with Crippen molar-refractivity contribution >= 4 is 26.6 Å². The Kier molecular flexibility index (Phi) is 3.06. The summed E-state index contributed by atoms with van der Waals surface area (Å²) in [5.74, 6) is -0.354. The van der Waals surface area contributed by atoms with Gasteiger partial charge in [-0.15, -0.1) is 4.91 Å². The van der Waals surface area contributed by atoms with Gasteiger partial charge in [0.2, 0.25) is 5.88 Å². The second-order valence-corrected chi connectivity index (χ2v) is 7.67. The number of aromatic hydroxyl groups is 1. The number of aromatic nitrogens is 2. The summed E-state index contributed by atoms with van der Waals surface area (Å²) >= 11 is 0. The van der Waals surface area contributed by atoms with Gasteiger partial charge < -0.3 is 10.1 Å². The van der Waals surface area contributed by atoms with Crippen LogP contribution in [-0.4, -0.2) is 34.4 Å². The molecule has 0 radical (unpaired) electrons. The topological polar surface area (TPSA) is 108 Å². The molecule has 124 valence electrons. The minimum Gasteiger partial charge on any atom is -0.493 e. The van der Waals surface area contributed by atoms with E-state index >= 15 is 0 Å². The molecule has 4 rings (SSSR count). The molecule has 0 unspecified atom stereocenters. The number of hydrogen-bond donors (Lipinski definition) is 2. The van der Waals surface area contributed by atoms with Crippen molar-refractivity contribution in [1.82, 2.24) is 13.9 Å². The molecule has 3 heterocycles. The molecule has 9 heteroatoms. The lowest BCUT2D eigenvalue weighted by molar-refractivity contribution is 0.352. The summed E-state index contributed by atoms with van der Waals surface area (Å²) < 4.78 is 27.1. The molecular weight excluding hydrogens is 332 g/mol. The van der Waals surface area contributed by atoms with E-state index in [4.69, 9.17) is 0 Å². The molecule has 0 saturated carbocycles. The Morgan fingerprint density at radius 2 is 1.88 bits per heavy atom. The number of nitrogens with zero attached hydrogens (tertiary/aromatic N) is 3. The molecular formula is C15H14N4O4S. The highest BCUT2D eigenvalue weighted by Gasteiger charge is 2.31. The zero-order chi connectivity index (χ0) is 17.1. The second-order valence-electron chi connectivity index (χ2n) is 5.86. The van der Waals surface area contributed by atoms with Gasteiger partial charge in [-0.2, -0.15) is 0 Å². The van der Waals surface area contributed by atoms with Crippen LogP contribution in [0.15, 0.2) is 40.7 Å². The van der Waals surface area contributed by atoms with Gasteiger partial charge in [0.15, 0.2) is 5.69 Å². The molecule has 1 aliphatic heterocycles. The first-order chi connectivity index (χ1) is 11.4. The molecule has 2 aromatic heterocycles. The Balaban J connectivity index is 2.10. The third kappa shape index (κ3) is 1.91. The SMILES string of the molecule is CN1Cc2c(S(=O)(=O)n3cccc3)cc3c(N=O)c(O)[nH]c3c2C1. The van der Waals surface area contributed by atoms with Gasteiger partial charge in [0, 0.05) is 30.9 Å². The van der Waals surface area contributed by atoms with Crippen molar-refractivity contribution in [2.75, 3.05) is 7.05 Å². The number of H-pyrrole nitrogens is 1. The molecule has 2 N–H and O–H groups in total. The molecule has 0 saturated heterocycles. The average Bonchev–Trinajstić information content (AvgIpc) is 3.22. The van der Waals surface area contributed by atoms with Gasteiger partial charge >= 0.3 is 0 Å². The average molecular weight is 346 g/mol. The van der Waals surface area contributed by atoms with E-state index in [0.29, 0.717) is 29.6 Å². The number of fused-ring (bicyclic) bond motifs is 3. The normalized spacial score (nSPS) is 15.0.